The van der Waals surface area contributed by atoms with Crippen molar-refractivity contribution >= 4 is 17.3 Å². The van der Waals surface area contributed by atoms with Crippen LogP contribution in [0.5, 0.6) is 0 Å². The van der Waals surface area contributed by atoms with Gasteiger partial charge in [-0.25, -0.2) is 4.79 Å². The molecule has 1 aliphatic carbocycles. The molecule has 1 aromatic heterocycles. The third kappa shape index (κ3) is 2.75. The zero-order chi connectivity index (χ0) is 16.6. The summed E-state index contributed by atoms with van der Waals surface area (Å²) in [7, 11) is 0. The summed E-state index contributed by atoms with van der Waals surface area (Å²) in [6.07, 6.45) is 6.18. The molecule has 2 aliphatic rings. The Labute approximate surface area is 141 Å². The van der Waals surface area contributed by atoms with Crippen LogP contribution < -0.4 is 10.2 Å². The fourth-order valence-corrected chi connectivity index (χ4v) is 4.05. The maximum absolute atomic E-state index is 11.0. The van der Waals surface area contributed by atoms with Gasteiger partial charge in [0.2, 0.25) is 5.76 Å². The van der Waals surface area contributed by atoms with Crippen LogP contribution in [0.3, 0.4) is 0 Å². The Morgan fingerprint density at radius 3 is 2.71 bits per heavy atom. The number of rotatable bonds is 3. The minimum Gasteiger partial charge on any atom is -0.475 e. The highest BCUT2D eigenvalue weighted by Gasteiger charge is 2.38. The molecule has 0 bridgehead atoms. The smallest absolute Gasteiger partial charge is 0.371 e. The average molecular weight is 326 g/mol. The Bertz CT molecular complexity index is 747. The van der Waals surface area contributed by atoms with Gasteiger partial charge in [0.25, 0.3) is 0 Å². The molecule has 126 valence electrons. The van der Waals surface area contributed by atoms with E-state index < -0.39 is 5.97 Å². The van der Waals surface area contributed by atoms with Crippen LogP contribution in [0.1, 0.15) is 48.4 Å². The number of carboxylic acids is 1. The molecule has 2 aromatic rings. The Hall–Kier alpha value is -2.43. The van der Waals surface area contributed by atoms with Gasteiger partial charge in [0.05, 0.1) is 23.5 Å². The quantitative estimate of drug-likeness (QED) is 0.888. The summed E-state index contributed by atoms with van der Waals surface area (Å²) in [5.41, 5.74) is 2.44. The molecule has 2 N–H and O–H groups in total. The number of furan rings is 1. The van der Waals surface area contributed by atoms with Gasteiger partial charge < -0.3 is 19.7 Å². The average Bonchev–Trinajstić information content (AvgIpc) is 3.04. The number of hydrogen-bond acceptors (Lipinski definition) is 4. The van der Waals surface area contributed by atoms with Crippen LogP contribution in [0, 0.1) is 0 Å². The van der Waals surface area contributed by atoms with Crippen molar-refractivity contribution in [3.05, 3.63) is 47.9 Å². The van der Waals surface area contributed by atoms with Crippen molar-refractivity contribution in [1.29, 1.82) is 0 Å². The molecule has 2 heterocycles. The summed E-state index contributed by atoms with van der Waals surface area (Å²) < 4.78 is 5.48. The van der Waals surface area contributed by atoms with E-state index in [0.717, 1.165) is 17.9 Å². The second-order valence-electron chi connectivity index (χ2n) is 6.91. The monoisotopic (exact) mass is 326 g/mol. The predicted octanol–water partition coefficient (Wildman–Crippen LogP) is 4.11. The van der Waals surface area contributed by atoms with Gasteiger partial charge in [-0.15, -0.1) is 0 Å². The van der Waals surface area contributed by atoms with Gasteiger partial charge in [-0.3, -0.25) is 0 Å². The molecular formula is C19H22N2O3. The third-order valence-electron chi connectivity index (χ3n) is 5.17. The molecule has 0 atom stereocenters. The van der Waals surface area contributed by atoms with Gasteiger partial charge in [0.1, 0.15) is 5.76 Å². The number of carboxylic acid groups (broad SMARTS) is 1. The van der Waals surface area contributed by atoms with E-state index in [1.807, 2.05) is 6.07 Å². The van der Waals surface area contributed by atoms with Gasteiger partial charge in [0, 0.05) is 6.54 Å². The largest absolute Gasteiger partial charge is 0.475 e. The molecule has 0 unspecified atom stereocenters. The van der Waals surface area contributed by atoms with Crippen molar-refractivity contribution in [3.8, 4) is 0 Å². The molecule has 1 saturated carbocycles. The van der Waals surface area contributed by atoms with Crippen molar-refractivity contribution in [2.45, 2.75) is 44.2 Å². The van der Waals surface area contributed by atoms with Crippen molar-refractivity contribution in [1.82, 2.24) is 0 Å². The lowest BCUT2D eigenvalue weighted by atomic mass is 9.79. The molecule has 4 rings (SSSR count). The SMILES string of the molecule is O=C(O)c1ccc(CN2CC3(CCCCC3)Nc3ccccc32)o1. The summed E-state index contributed by atoms with van der Waals surface area (Å²) in [6.45, 7) is 1.51. The first kappa shape index (κ1) is 15.1. The number of fused-ring (bicyclic) bond motifs is 1. The van der Waals surface area contributed by atoms with E-state index in [2.05, 4.69) is 28.4 Å². The summed E-state index contributed by atoms with van der Waals surface area (Å²) in [4.78, 5) is 13.4. The molecule has 1 aliphatic heterocycles. The van der Waals surface area contributed by atoms with E-state index in [9.17, 15) is 4.79 Å². The minimum atomic E-state index is -1.02. The minimum absolute atomic E-state index is 0.000740. The summed E-state index contributed by atoms with van der Waals surface area (Å²) in [5.74, 6) is -0.332. The number of carbonyl (C=O) groups is 1. The van der Waals surface area contributed by atoms with Crippen LogP contribution in [0.2, 0.25) is 0 Å². The highest BCUT2D eigenvalue weighted by Crippen LogP contribution is 2.41. The van der Waals surface area contributed by atoms with E-state index in [0.29, 0.717) is 12.3 Å². The van der Waals surface area contributed by atoms with Crippen molar-refractivity contribution in [2.75, 3.05) is 16.8 Å². The lowest BCUT2D eigenvalue weighted by Gasteiger charge is -2.47. The van der Waals surface area contributed by atoms with Crippen LogP contribution in [0.25, 0.3) is 0 Å². The van der Waals surface area contributed by atoms with Gasteiger partial charge in [-0.1, -0.05) is 31.4 Å². The lowest BCUT2D eigenvalue weighted by molar-refractivity contribution is 0.0660. The Morgan fingerprint density at radius 1 is 1.17 bits per heavy atom. The summed E-state index contributed by atoms with van der Waals surface area (Å²) in [6, 6.07) is 11.6. The second kappa shape index (κ2) is 5.89. The first-order chi connectivity index (χ1) is 11.7. The number of aromatic carboxylic acids is 1. The van der Waals surface area contributed by atoms with Gasteiger partial charge in [-0.2, -0.15) is 0 Å². The number of nitrogens with one attached hydrogen (secondary N) is 1. The number of hydrogen-bond donors (Lipinski definition) is 2. The van der Waals surface area contributed by atoms with Gasteiger partial charge in [-0.05, 0) is 37.1 Å². The second-order valence-corrected chi connectivity index (χ2v) is 6.91. The van der Waals surface area contributed by atoms with Crippen LogP contribution in [-0.4, -0.2) is 23.2 Å². The van der Waals surface area contributed by atoms with E-state index >= 15 is 0 Å². The summed E-state index contributed by atoms with van der Waals surface area (Å²) in [5, 5.41) is 12.8. The molecule has 0 radical (unpaired) electrons. The van der Waals surface area contributed by atoms with E-state index in [1.54, 1.807) is 6.07 Å². The molecule has 24 heavy (non-hydrogen) atoms. The van der Waals surface area contributed by atoms with E-state index in [-0.39, 0.29) is 11.3 Å². The Balaban J connectivity index is 1.63. The third-order valence-corrected chi connectivity index (χ3v) is 5.17. The normalized spacial score (nSPS) is 18.9. The van der Waals surface area contributed by atoms with Gasteiger partial charge >= 0.3 is 5.97 Å². The van der Waals surface area contributed by atoms with Crippen molar-refractivity contribution in [3.63, 3.8) is 0 Å². The highest BCUT2D eigenvalue weighted by atomic mass is 16.4. The molecule has 0 amide bonds. The Morgan fingerprint density at radius 2 is 1.96 bits per heavy atom. The topological polar surface area (TPSA) is 65.7 Å². The number of para-hydroxylation sites is 2. The predicted molar refractivity (Wildman–Crippen MR) is 92.6 cm³/mol. The lowest BCUT2D eigenvalue weighted by Crippen LogP contribution is -2.53. The molecule has 5 nitrogen and oxygen atoms in total. The van der Waals surface area contributed by atoms with Crippen LogP contribution in [-0.2, 0) is 6.54 Å². The maximum Gasteiger partial charge on any atom is 0.371 e. The maximum atomic E-state index is 11.0. The van der Waals surface area contributed by atoms with E-state index in [4.69, 9.17) is 9.52 Å². The molecule has 0 saturated heterocycles. The van der Waals surface area contributed by atoms with Crippen LogP contribution in [0.4, 0.5) is 11.4 Å². The highest BCUT2D eigenvalue weighted by molar-refractivity contribution is 5.84. The summed E-state index contributed by atoms with van der Waals surface area (Å²) >= 11 is 0. The van der Waals surface area contributed by atoms with Crippen molar-refractivity contribution in [2.24, 2.45) is 0 Å². The fraction of sp³-hybridized carbons (Fsp3) is 0.421. The first-order valence-electron chi connectivity index (χ1n) is 8.59. The number of nitrogens with zero attached hydrogens (tertiary/aromatic N) is 1. The Kier molecular flexibility index (Phi) is 3.71. The zero-order valence-electron chi connectivity index (χ0n) is 13.6. The molecular weight excluding hydrogens is 304 g/mol. The number of benzene rings is 1. The van der Waals surface area contributed by atoms with Crippen molar-refractivity contribution < 1.29 is 14.3 Å². The fourth-order valence-electron chi connectivity index (χ4n) is 4.05. The number of anilines is 2. The standard InChI is InChI=1S/C19H22N2O3/c22-18(23)17-9-8-14(24-17)12-21-13-19(10-4-1-5-11-19)20-15-6-2-3-7-16(15)21/h2-3,6-9,20H,1,4-5,10-13H2,(H,22,23). The molecule has 1 fully saturated rings. The molecule has 5 heteroatoms. The van der Waals surface area contributed by atoms with E-state index in [1.165, 1.54) is 38.2 Å². The zero-order valence-corrected chi connectivity index (χ0v) is 13.6. The first-order valence-corrected chi connectivity index (χ1v) is 8.59. The molecule has 1 spiro atoms. The van der Waals surface area contributed by atoms with Gasteiger partial charge in [0.15, 0.2) is 0 Å². The molecule has 1 aromatic carbocycles. The van der Waals surface area contributed by atoms with Crippen LogP contribution in [0.15, 0.2) is 40.8 Å². The van der Waals surface area contributed by atoms with Crippen LogP contribution >= 0.6 is 0 Å².